The van der Waals surface area contributed by atoms with Crippen molar-refractivity contribution in [2.75, 3.05) is 13.2 Å². The average Bonchev–Trinajstić information content (AvgIpc) is 2.11. The molecule has 0 aromatic carbocycles. The van der Waals surface area contributed by atoms with Gasteiger partial charge in [0.15, 0.2) is 0 Å². The minimum Gasteiger partial charge on any atom is -0.480 e. The predicted octanol–water partition coefficient (Wildman–Crippen LogP) is -1.46. The molecular formula is C7H14N2O4. The van der Waals surface area contributed by atoms with Gasteiger partial charge in [-0.15, -0.1) is 0 Å². The highest BCUT2D eigenvalue weighted by Crippen LogP contribution is 2.01. The Morgan fingerprint density at radius 3 is 2.46 bits per heavy atom. The van der Waals surface area contributed by atoms with Gasteiger partial charge in [0.25, 0.3) is 0 Å². The number of carbonyl (C=O) groups excluding carboxylic acids is 1. The first-order valence-electron chi connectivity index (χ1n) is 3.83. The topological polar surface area (TPSA) is 116 Å². The van der Waals surface area contributed by atoms with Crippen molar-refractivity contribution in [3.8, 4) is 0 Å². The molecule has 0 radical (unpaired) electrons. The molecule has 76 valence electrons. The first-order chi connectivity index (χ1) is 5.99. The fourth-order valence-electron chi connectivity index (χ4n) is 0.630. The predicted molar refractivity (Wildman–Crippen MR) is 44.8 cm³/mol. The van der Waals surface area contributed by atoms with Crippen LogP contribution in [0.25, 0.3) is 0 Å². The van der Waals surface area contributed by atoms with E-state index in [0.717, 1.165) is 0 Å². The van der Waals surface area contributed by atoms with E-state index < -0.39 is 23.9 Å². The Hall–Kier alpha value is -1.14. The third-order valence-corrected chi connectivity index (χ3v) is 1.57. The van der Waals surface area contributed by atoms with Crippen LogP contribution in [0.15, 0.2) is 0 Å². The minimum absolute atomic E-state index is 0.0243. The van der Waals surface area contributed by atoms with E-state index in [9.17, 15) is 9.59 Å². The summed E-state index contributed by atoms with van der Waals surface area (Å²) in [4.78, 5) is 20.9. The smallest absolute Gasteiger partial charge is 0.320 e. The Morgan fingerprint density at radius 2 is 2.08 bits per heavy atom. The van der Waals surface area contributed by atoms with Gasteiger partial charge in [-0.25, -0.2) is 0 Å². The summed E-state index contributed by atoms with van der Waals surface area (Å²) in [7, 11) is 0. The molecule has 0 aliphatic rings. The number of carboxylic acids is 1. The Kier molecular flexibility index (Phi) is 5.01. The first kappa shape index (κ1) is 11.9. The van der Waals surface area contributed by atoms with Crippen molar-refractivity contribution >= 4 is 11.9 Å². The van der Waals surface area contributed by atoms with Crippen LogP contribution >= 0.6 is 0 Å². The highest BCUT2D eigenvalue weighted by molar-refractivity contribution is 5.74. The van der Waals surface area contributed by atoms with E-state index in [4.69, 9.17) is 16.6 Å². The molecule has 0 aromatic rings. The standard InChI is InChI=1S/C7H14N2O4/c1-4(6(9)7(11)12)3-13-5(10)2-8/h4,6H,2-3,8-9H2,1H3,(H,11,12). The Labute approximate surface area is 75.8 Å². The molecule has 0 aliphatic heterocycles. The summed E-state index contributed by atoms with van der Waals surface area (Å²) in [6, 6.07) is -1.02. The molecule has 0 rings (SSSR count). The summed E-state index contributed by atoms with van der Waals surface area (Å²) in [5.74, 6) is -2.10. The molecule has 0 amide bonds. The van der Waals surface area contributed by atoms with E-state index in [1.54, 1.807) is 6.92 Å². The van der Waals surface area contributed by atoms with Crippen LogP contribution in [0.5, 0.6) is 0 Å². The van der Waals surface area contributed by atoms with E-state index in [1.807, 2.05) is 0 Å². The zero-order valence-electron chi connectivity index (χ0n) is 7.40. The largest absolute Gasteiger partial charge is 0.480 e. The van der Waals surface area contributed by atoms with Gasteiger partial charge in [0, 0.05) is 5.92 Å². The maximum atomic E-state index is 10.6. The Bertz CT molecular complexity index is 195. The highest BCUT2D eigenvalue weighted by atomic mass is 16.5. The average molecular weight is 190 g/mol. The zero-order chi connectivity index (χ0) is 10.4. The summed E-state index contributed by atoms with van der Waals surface area (Å²) in [6.45, 7) is 1.35. The fourth-order valence-corrected chi connectivity index (χ4v) is 0.630. The molecule has 2 unspecified atom stereocenters. The van der Waals surface area contributed by atoms with Gasteiger partial charge in [0.1, 0.15) is 6.04 Å². The molecule has 6 nitrogen and oxygen atoms in total. The van der Waals surface area contributed by atoms with Crippen LogP contribution in [0.3, 0.4) is 0 Å². The lowest BCUT2D eigenvalue weighted by Crippen LogP contribution is -2.39. The maximum Gasteiger partial charge on any atom is 0.320 e. The molecule has 0 spiro atoms. The summed E-state index contributed by atoms with van der Waals surface area (Å²) in [6.07, 6.45) is 0. The van der Waals surface area contributed by atoms with Crippen LogP contribution in [0.4, 0.5) is 0 Å². The van der Waals surface area contributed by atoms with Crippen LogP contribution in [-0.4, -0.2) is 36.2 Å². The quantitative estimate of drug-likeness (QED) is 0.456. The fraction of sp³-hybridized carbons (Fsp3) is 0.714. The van der Waals surface area contributed by atoms with E-state index in [0.29, 0.717) is 0 Å². The molecule has 0 bridgehead atoms. The van der Waals surface area contributed by atoms with Crippen molar-refractivity contribution in [2.45, 2.75) is 13.0 Å². The van der Waals surface area contributed by atoms with Gasteiger partial charge in [0.05, 0.1) is 13.2 Å². The van der Waals surface area contributed by atoms with Crippen LogP contribution < -0.4 is 11.5 Å². The van der Waals surface area contributed by atoms with Crippen LogP contribution in [-0.2, 0) is 14.3 Å². The second-order valence-electron chi connectivity index (χ2n) is 2.73. The third-order valence-electron chi connectivity index (χ3n) is 1.57. The zero-order valence-corrected chi connectivity index (χ0v) is 7.40. The van der Waals surface area contributed by atoms with Crippen molar-refractivity contribution in [3.05, 3.63) is 0 Å². The summed E-state index contributed by atoms with van der Waals surface area (Å²) < 4.78 is 4.62. The van der Waals surface area contributed by atoms with E-state index in [2.05, 4.69) is 4.74 Å². The van der Waals surface area contributed by atoms with Crippen molar-refractivity contribution in [3.63, 3.8) is 0 Å². The number of hydrogen-bond acceptors (Lipinski definition) is 5. The summed E-state index contributed by atoms with van der Waals surface area (Å²) in [5, 5.41) is 8.48. The van der Waals surface area contributed by atoms with E-state index >= 15 is 0 Å². The lowest BCUT2D eigenvalue weighted by molar-refractivity contribution is -0.147. The molecule has 13 heavy (non-hydrogen) atoms. The molecular weight excluding hydrogens is 176 g/mol. The van der Waals surface area contributed by atoms with Gasteiger partial charge in [-0.3, -0.25) is 9.59 Å². The Morgan fingerprint density at radius 1 is 1.54 bits per heavy atom. The number of nitrogens with two attached hydrogens (primary N) is 2. The second kappa shape index (κ2) is 5.50. The van der Waals surface area contributed by atoms with E-state index in [1.165, 1.54) is 0 Å². The number of hydrogen-bond donors (Lipinski definition) is 3. The summed E-state index contributed by atoms with van der Waals surface area (Å²) in [5.41, 5.74) is 10.2. The van der Waals surface area contributed by atoms with Crippen LogP contribution in [0.1, 0.15) is 6.92 Å². The number of aliphatic carboxylic acids is 1. The normalized spacial score (nSPS) is 14.7. The number of carbonyl (C=O) groups is 2. The SMILES string of the molecule is CC(COC(=O)CN)C(N)C(=O)O. The second-order valence-corrected chi connectivity index (χ2v) is 2.73. The molecule has 0 heterocycles. The number of ether oxygens (including phenoxy) is 1. The molecule has 0 saturated carbocycles. The molecule has 0 saturated heterocycles. The Balaban J connectivity index is 3.80. The van der Waals surface area contributed by atoms with Crippen LogP contribution in [0, 0.1) is 5.92 Å². The van der Waals surface area contributed by atoms with Gasteiger partial charge in [-0.05, 0) is 0 Å². The minimum atomic E-state index is -1.11. The molecule has 0 aliphatic carbocycles. The van der Waals surface area contributed by atoms with Gasteiger partial charge in [-0.1, -0.05) is 6.92 Å². The van der Waals surface area contributed by atoms with E-state index in [-0.39, 0.29) is 13.2 Å². The molecule has 0 fully saturated rings. The highest BCUT2D eigenvalue weighted by Gasteiger charge is 2.20. The molecule has 2 atom stereocenters. The maximum absolute atomic E-state index is 10.6. The van der Waals surface area contributed by atoms with Gasteiger partial charge in [-0.2, -0.15) is 0 Å². The third kappa shape index (κ3) is 4.44. The van der Waals surface area contributed by atoms with Gasteiger partial charge in [0.2, 0.25) is 0 Å². The van der Waals surface area contributed by atoms with Crippen molar-refractivity contribution < 1.29 is 19.4 Å². The molecule has 5 N–H and O–H groups in total. The van der Waals surface area contributed by atoms with Gasteiger partial charge >= 0.3 is 11.9 Å². The summed E-state index contributed by atoms with van der Waals surface area (Å²) >= 11 is 0. The molecule has 0 aromatic heterocycles. The monoisotopic (exact) mass is 190 g/mol. The van der Waals surface area contributed by atoms with Crippen LogP contribution in [0.2, 0.25) is 0 Å². The lowest BCUT2D eigenvalue weighted by atomic mass is 10.0. The number of rotatable bonds is 5. The van der Waals surface area contributed by atoms with Crippen molar-refractivity contribution in [1.82, 2.24) is 0 Å². The lowest BCUT2D eigenvalue weighted by Gasteiger charge is -2.15. The van der Waals surface area contributed by atoms with Crippen molar-refractivity contribution in [1.29, 1.82) is 0 Å². The van der Waals surface area contributed by atoms with Gasteiger partial charge < -0.3 is 21.3 Å². The first-order valence-corrected chi connectivity index (χ1v) is 3.83. The van der Waals surface area contributed by atoms with Crippen molar-refractivity contribution in [2.24, 2.45) is 17.4 Å². The molecule has 6 heteroatoms. The number of esters is 1. The number of carboxylic acid groups (broad SMARTS) is 1.